The lowest BCUT2D eigenvalue weighted by Crippen LogP contribution is -2.53. The maximum atomic E-state index is 12.9. The number of carbonyl (C=O) groups is 4. The van der Waals surface area contributed by atoms with Gasteiger partial charge in [0.15, 0.2) is 0 Å². The quantitative estimate of drug-likeness (QED) is 0.435. The summed E-state index contributed by atoms with van der Waals surface area (Å²) in [5.41, 5.74) is 0. The van der Waals surface area contributed by atoms with Crippen LogP contribution in [-0.2, 0) is 23.9 Å². The first-order valence-corrected chi connectivity index (χ1v) is 10.5. The van der Waals surface area contributed by atoms with Gasteiger partial charge in [-0.15, -0.1) is 0 Å². The summed E-state index contributed by atoms with van der Waals surface area (Å²) in [6, 6.07) is -2.05. The number of rotatable bonds is 10. The number of amides is 3. The van der Waals surface area contributed by atoms with Crippen LogP contribution in [0.5, 0.6) is 0 Å². The molecule has 176 valence electrons. The highest BCUT2D eigenvalue weighted by molar-refractivity contribution is 5.90. The second-order valence-corrected chi connectivity index (χ2v) is 8.65. The first kappa shape index (κ1) is 24.8. The zero-order valence-electron chi connectivity index (χ0n) is 18.0. The summed E-state index contributed by atoms with van der Waals surface area (Å²) in [5.74, 6) is -5.00. The Bertz CT molecular complexity index is 680. The van der Waals surface area contributed by atoms with Gasteiger partial charge < -0.3 is 25.4 Å². The van der Waals surface area contributed by atoms with E-state index in [1.54, 1.807) is 0 Å². The summed E-state index contributed by atoms with van der Waals surface area (Å²) in [7, 11) is 1.18. The molecule has 0 aromatic carbocycles. The second kappa shape index (κ2) is 10.7. The van der Waals surface area contributed by atoms with Crippen LogP contribution in [0.15, 0.2) is 0 Å². The minimum Gasteiger partial charge on any atom is -0.467 e. The highest BCUT2D eigenvalue weighted by Crippen LogP contribution is 2.42. The summed E-state index contributed by atoms with van der Waals surface area (Å²) < 4.78 is 35.5. The van der Waals surface area contributed by atoms with Crippen LogP contribution < -0.4 is 16.0 Å². The highest BCUT2D eigenvalue weighted by Gasteiger charge is 2.45. The Labute approximate surface area is 180 Å². The van der Waals surface area contributed by atoms with E-state index in [1.807, 2.05) is 13.8 Å². The Hall–Kier alpha value is -2.46. The van der Waals surface area contributed by atoms with Crippen LogP contribution in [0.25, 0.3) is 0 Å². The number of alkyl halides is 2. The van der Waals surface area contributed by atoms with Crippen molar-refractivity contribution in [2.24, 2.45) is 17.8 Å². The summed E-state index contributed by atoms with van der Waals surface area (Å²) >= 11 is 0. The van der Waals surface area contributed by atoms with Crippen molar-refractivity contribution in [1.29, 1.82) is 0 Å². The fraction of sp³-hybridized carbons (Fsp3) is 0.800. The smallest absolute Gasteiger partial charge is 0.407 e. The van der Waals surface area contributed by atoms with Crippen LogP contribution in [0, 0.1) is 17.8 Å². The molecule has 1 aliphatic carbocycles. The van der Waals surface area contributed by atoms with E-state index in [4.69, 9.17) is 9.47 Å². The lowest BCUT2D eigenvalue weighted by Gasteiger charge is -2.34. The first-order valence-electron chi connectivity index (χ1n) is 10.5. The normalized spacial score (nSPS) is 22.1. The van der Waals surface area contributed by atoms with E-state index in [0.717, 1.165) is 0 Å². The Kier molecular flexibility index (Phi) is 8.58. The van der Waals surface area contributed by atoms with Gasteiger partial charge in [-0.3, -0.25) is 9.59 Å². The second-order valence-electron chi connectivity index (χ2n) is 8.65. The molecule has 2 rings (SSSR count). The largest absolute Gasteiger partial charge is 0.467 e. The summed E-state index contributed by atoms with van der Waals surface area (Å²) in [4.78, 5) is 48.9. The van der Waals surface area contributed by atoms with Gasteiger partial charge in [-0.05, 0) is 25.2 Å². The molecule has 1 heterocycles. The van der Waals surface area contributed by atoms with Gasteiger partial charge in [0, 0.05) is 31.2 Å². The molecule has 2 aliphatic rings. The molecule has 31 heavy (non-hydrogen) atoms. The van der Waals surface area contributed by atoms with Gasteiger partial charge in [-0.25, -0.2) is 18.4 Å². The van der Waals surface area contributed by atoms with Crippen LogP contribution in [-0.4, -0.2) is 62.1 Å². The average molecular weight is 447 g/mol. The van der Waals surface area contributed by atoms with Crippen molar-refractivity contribution < 1.29 is 37.4 Å². The maximum Gasteiger partial charge on any atom is 0.407 e. The minimum absolute atomic E-state index is 0.0264. The molecule has 0 aromatic rings. The monoisotopic (exact) mass is 447 g/mol. The molecule has 0 radical (unpaired) electrons. The fourth-order valence-corrected chi connectivity index (χ4v) is 3.77. The third kappa shape index (κ3) is 7.62. The number of alkyl carbamates (subject to hydrolysis) is 1. The van der Waals surface area contributed by atoms with Crippen LogP contribution in [0.2, 0.25) is 0 Å². The highest BCUT2D eigenvalue weighted by atomic mass is 19.3. The van der Waals surface area contributed by atoms with E-state index in [0.29, 0.717) is 13.0 Å². The number of hydrogen-bond donors (Lipinski definition) is 3. The maximum absolute atomic E-state index is 12.9. The number of methoxy groups -OCH3 is 1. The molecule has 2 fully saturated rings. The predicted octanol–water partition coefficient (Wildman–Crippen LogP) is 1.36. The van der Waals surface area contributed by atoms with E-state index >= 15 is 0 Å². The van der Waals surface area contributed by atoms with E-state index in [1.165, 1.54) is 7.11 Å². The van der Waals surface area contributed by atoms with Gasteiger partial charge in [0.1, 0.15) is 12.1 Å². The lowest BCUT2D eigenvalue weighted by atomic mass is 9.82. The first-order chi connectivity index (χ1) is 14.5. The zero-order chi connectivity index (χ0) is 23.2. The van der Waals surface area contributed by atoms with Crippen LogP contribution in [0.1, 0.15) is 46.0 Å². The third-order valence-corrected chi connectivity index (χ3v) is 5.43. The van der Waals surface area contributed by atoms with Gasteiger partial charge in [0.2, 0.25) is 17.7 Å². The van der Waals surface area contributed by atoms with Gasteiger partial charge in [0.05, 0.1) is 13.7 Å². The number of hydrogen-bond acceptors (Lipinski definition) is 6. The van der Waals surface area contributed by atoms with Gasteiger partial charge >= 0.3 is 12.1 Å². The molecule has 1 saturated heterocycles. The SMILES string of the molecule is COC(=O)[C@H](CC1CCNC1=O)NC(=O)[C@H](CC(C)C)NC(=O)OCC1CC(F)(F)C1. The molecule has 9 nitrogen and oxygen atoms in total. The molecule has 11 heteroatoms. The molecule has 1 aliphatic heterocycles. The summed E-state index contributed by atoms with van der Waals surface area (Å²) in [5, 5.41) is 7.68. The standard InChI is InChI=1S/C20H31F2N3O6/c1-11(2)6-14(25-19(29)31-10-12-8-20(21,22)9-12)17(27)24-15(18(28)30-3)7-13-4-5-23-16(13)26/h11-15H,4-10H2,1-3H3,(H,23,26)(H,24,27)(H,25,29)/t13?,14-,15-/m0/s1. The predicted molar refractivity (Wildman–Crippen MR) is 105 cm³/mol. The minimum atomic E-state index is -2.70. The van der Waals surface area contributed by atoms with Crippen molar-refractivity contribution in [3.05, 3.63) is 0 Å². The molecular weight excluding hydrogens is 416 g/mol. The van der Waals surface area contributed by atoms with Crippen LogP contribution in [0.3, 0.4) is 0 Å². The Morgan fingerprint density at radius 2 is 1.87 bits per heavy atom. The molecular formula is C20H31F2N3O6. The van der Waals surface area contributed by atoms with E-state index in [2.05, 4.69) is 16.0 Å². The van der Waals surface area contributed by atoms with Crippen LogP contribution >= 0.6 is 0 Å². The number of halogens is 2. The van der Waals surface area contributed by atoms with Crippen molar-refractivity contribution in [3.63, 3.8) is 0 Å². The van der Waals surface area contributed by atoms with E-state index in [-0.39, 0.29) is 44.1 Å². The van der Waals surface area contributed by atoms with Gasteiger partial charge in [0.25, 0.3) is 0 Å². The third-order valence-electron chi connectivity index (χ3n) is 5.43. The molecule has 0 spiro atoms. The molecule has 0 aromatic heterocycles. The average Bonchev–Trinajstić information content (AvgIpc) is 3.07. The summed E-state index contributed by atoms with van der Waals surface area (Å²) in [6.45, 7) is 4.05. The van der Waals surface area contributed by atoms with Gasteiger partial charge in [-0.1, -0.05) is 13.8 Å². The molecule has 1 unspecified atom stereocenters. The van der Waals surface area contributed by atoms with E-state index < -0.39 is 47.8 Å². The molecule has 0 bridgehead atoms. The Morgan fingerprint density at radius 3 is 2.39 bits per heavy atom. The summed E-state index contributed by atoms with van der Waals surface area (Å²) in [6.07, 6.45) is -0.653. The van der Waals surface area contributed by atoms with Crippen molar-refractivity contribution in [1.82, 2.24) is 16.0 Å². The lowest BCUT2D eigenvalue weighted by molar-refractivity contribution is -0.146. The molecule has 3 amide bonds. The Balaban J connectivity index is 1.93. The fourth-order valence-electron chi connectivity index (χ4n) is 3.77. The zero-order valence-corrected chi connectivity index (χ0v) is 18.0. The number of ether oxygens (including phenoxy) is 2. The van der Waals surface area contributed by atoms with Gasteiger partial charge in [-0.2, -0.15) is 0 Å². The topological polar surface area (TPSA) is 123 Å². The molecule has 3 atom stereocenters. The van der Waals surface area contributed by atoms with Crippen LogP contribution in [0.4, 0.5) is 13.6 Å². The van der Waals surface area contributed by atoms with Crippen molar-refractivity contribution in [3.8, 4) is 0 Å². The molecule has 3 N–H and O–H groups in total. The molecule has 1 saturated carbocycles. The van der Waals surface area contributed by atoms with Crippen molar-refractivity contribution in [2.75, 3.05) is 20.3 Å². The Morgan fingerprint density at radius 1 is 1.19 bits per heavy atom. The van der Waals surface area contributed by atoms with Crippen molar-refractivity contribution in [2.45, 2.75) is 64.0 Å². The number of nitrogens with one attached hydrogen (secondary N) is 3. The number of esters is 1. The van der Waals surface area contributed by atoms with Crippen molar-refractivity contribution >= 4 is 23.9 Å². The van der Waals surface area contributed by atoms with E-state index in [9.17, 15) is 28.0 Å². The number of carbonyl (C=O) groups excluding carboxylic acids is 4.